The molecule has 0 saturated heterocycles. The zero-order chi connectivity index (χ0) is 11.5. The highest BCUT2D eigenvalue weighted by molar-refractivity contribution is 9.10. The van der Waals surface area contributed by atoms with E-state index in [1.807, 2.05) is 13.1 Å². The van der Waals surface area contributed by atoms with Gasteiger partial charge in [-0.25, -0.2) is 4.98 Å². The molecular formula is C10H11BrN4O. The third-order valence-electron chi connectivity index (χ3n) is 2.01. The lowest BCUT2D eigenvalue weighted by Gasteiger charge is -2.06. The van der Waals surface area contributed by atoms with Gasteiger partial charge in [-0.2, -0.15) is 5.10 Å². The number of pyridine rings is 1. The van der Waals surface area contributed by atoms with Gasteiger partial charge < -0.3 is 10.5 Å². The fraction of sp³-hybridized carbons (Fsp3) is 0.200. The first-order valence-electron chi connectivity index (χ1n) is 4.70. The van der Waals surface area contributed by atoms with Crippen LogP contribution in [0, 0.1) is 0 Å². The second kappa shape index (κ2) is 4.63. The Labute approximate surface area is 101 Å². The van der Waals surface area contributed by atoms with Crippen molar-refractivity contribution in [1.82, 2.24) is 14.8 Å². The number of rotatable bonds is 3. The van der Waals surface area contributed by atoms with E-state index in [1.54, 1.807) is 23.3 Å². The van der Waals surface area contributed by atoms with E-state index >= 15 is 0 Å². The van der Waals surface area contributed by atoms with Gasteiger partial charge in [0.05, 0.1) is 12.4 Å². The molecule has 2 heterocycles. The summed E-state index contributed by atoms with van der Waals surface area (Å²) < 4.78 is 8.12. The molecule has 0 aliphatic rings. The van der Waals surface area contributed by atoms with Gasteiger partial charge in [0, 0.05) is 29.8 Å². The molecule has 16 heavy (non-hydrogen) atoms. The third-order valence-corrected chi connectivity index (χ3v) is 2.44. The minimum atomic E-state index is 0.377. The topological polar surface area (TPSA) is 66.0 Å². The molecular weight excluding hydrogens is 272 g/mol. The molecule has 0 radical (unpaired) electrons. The van der Waals surface area contributed by atoms with Gasteiger partial charge in [-0.05, 0) is 22.0 Å². The molecule has 2 N–H and O–H groups in total. The molecule has 0 fully saturated rings. The van der Waals surface area contributed by atoms with Crippen LogP contribution in [0.25, 0.3) is 0 Å². The second-order valence-electron chi connectivity index (χ2n) is 3.27. The first-order chi connectivity index (χ1) is 7.69. The molecule has 84 valence electrons. The van der Waals surface area contributed by atoms with E-state index in [0.717, 1.165) is 10.0 Å². The van der Waals surface area contributed by atoms with Gasteiger partial charge in [-0.3, -0.25) is 4.68 Å². The van der Waals surface area contributed by atoms with E-state index in [2.05, 4.69) is 26.0 Å². The summed E-state index contributed by atoms with van der Waals surface area (Å²) >= 11 is 3.34. The van der Waals surface area contributed by atoms with Crippen LogP contribution in [0.3, 0.4) is 0 Å². The van der Waals surface area contributed by atoms with Gasteiger partial charge in [-0.15, -0.1) is 0 Å². The first-order valence-corrected chi connectivity index (χ1v) is 5.49. The summed E-state index contributed by atoms with van der Waals surface area (Å²) in [4.78, 5) is 4.17. The van der Waals surface area contributed by atoms with Crippen LogP contribution in [0.1, 0.15) is 5.56 Å². The molecule has 6 heteroatoms. The van der Waals surface area contributed by atoms with Crippen molar-refractivity contribution in [2.24, 2.45) is 12.8 Å². The van der Waals surface area contributed by atoms with Gasteiger partial charge in [-0.1, -0.05) is 0 Å². The van der Waals surface area contributed by atoms with E-state index in [1.165, 1.54) is 0 Å². The maximum atomic E-state index is 5.62. The van der Waals surface area contributed by atoms with Crippen LogP contribution >= 0.6 is 15.9 Å². The van der Waals surface area contributed by atoms with Crippen LogP contribution in [0.2, 0.25) is 0 Å². The second-order valence-corrected chi connectivity index (χ2v) is 4.19. The standard InChI is InChI=1S/C10H11BrN4O/c1-15-6-9(5-14-15)16-10-7(3-12)2-8(11)4-13-10/h2,4-6H,3,12H2,1H3. The maximum absolute atomic E-state index is 5.62. The van der Waals surface area contributed by atoms with Crippen LogP contribution in [-0.2, 0) is 13.6 Å². The summed E-state index contributed by atoms with van der Waals surface area (Å²) in [5.41, 5.74) is 6.46. The molecule has 0 bridgehead atoms. The largest absolute Gasteiger partial charge is 0.435 e. The third kappa shape index (κ3) is 2.40. The van der Waals surface area contributed by atoms with E-state index < -0.39 is 0 Å². The molecule has 0 aromatic carbocycles. The van der Waals surface area contributed by atoms with Crippen molar-refractivity contribution in [3.8, 4) is 11.6 Å². The monoisotopic (exact) mass is 282 g/mol. The molecule has 0 amide bonds. The van der Waals surface area contributed by atoms with Gasteiger partial charge in [0.15, 0.2) is 5.75 Å². The van der Waals surface area contributed by atoms with Crippen LogP contribution in [0.4, 0.5) is 0 Å². The summed E-state index contributed by atoms with van der Waals surface area (Å²) in [6.07, 6.45) is 5.07. The van der Waals surface area contributed by atoms with Crippen LogP contribution in [-0.4, -0.2) is 14.8 Å². The smallest absolute Gasteiger partial charge is 0.223 e. The van der Waals surface area contributed by atoms with Crippen molar-refractivity contribution in [2.45, 2.75) is 6.54 Å². The van der Waals surface area contributed by atoms with Crippen molar-refractivity contribution < 1.29 is 4.74 Å². The number of aromatic nitrogens is 3. The van der Waals surface area contributed by atoms with Crippen LogP contribution in [0.15, 0.2) is 29.1 Å². The van der Waals surface area contributed by atoms with Gasteiger partial charge >= 0.3 is 0 Å². The molecule has 0 spiro atoms. The highest BCUT2D eigenvalue weighted by atomic mass is 79.9. The quantitative estimate of drug-likeness (QED) is 0.933. The Morgan fingerprint density at radius 2 is 2.31 bits per heavy atom. The molecule has 0 saturated carbocycles. The number of ether oxygens (including phenoxy) is 1. The highest BCUT2D eigenvalue weighted by Gasteiger charge is 2.07. The van der Waals surface area contributed by atoms with E-state index in [0.29, 0.717) is 18.2 Å². The molecule has 2 rings (SSSR count). The maximum Gasteiger partial charge on any atom is 0.223 e. The molecule has 0 unspecified atom stereocenters. The zero-order valence-corrected chi connectivity index (χ0v) is 10.3. The lowest BCUT2D eigenvalue weighted by molar-refractivity contribution is 0.455. The molecule has 0 aliphatic carbocycles. The zero-order valence-electron chi connectivity index (χ0n) is 8.72. The SMILES string of the molecule is Cn1cc(Oc2ncc(Br)cc2CN)cn1. The fourth-order valence-electron chi connectivity index (χ4n) is 1.27. The number of halogens is 1. The average Bonchev–Trinajstić information content (AvgIpc) is 2.67. The fourth-order valence-corrected chi connectivity index (χ4v) is 1.65. The summed E-state index contributed by atoms with van der Waals surface area (Å²) in [6, 6.07) is 1.89. The average molecular weight is 283 g/mol. The van der Waals surface area contributed by atoms with Crippen molar-refractivity contribution >= 4 is 15.9 Å². The molecule has 2 aromatic heterocycles. The summed E-state index contributed by atoms with van der Waals surface area (Å²) in [5.74, 6) is 1.16. The number of nitrogens with two attached hydrogens (primary N) is 1. The van der Waals surface area contributed by atoms with Crippen molar-refractivity contribution in [3.63, 3.8) is 0 Å². The minimum Gasteiger partial charge on any atom is -0.435 e. The van der Waals surface area contributed by atoms with Gasteiger partial charge in [0.1, 0.15) is 0 Å². The van der Waals surface area contributed by atoms with E-state index in [-0.39, 0.29) is 0 Å². The minimum absolute atomic E-state index is 0.377. The number of hydrogen-bond acceptors (Lipinski definition) is 4. The Morgan fingerprint density at radius 3 is 2.94 bits per heavy atom. The van der Waals surface area contributed by atoms with Crippen LogP contribution < -0.4 is 10.5 Å². The Morgan fingerprint density at radius 1 is 1.50 bits per heavy atom. The van der Waals surface area contributed by atoms with Crippen molar-refractivity contribution in [1.29, 1.82) is 0 Å². The Balaban J connectivity index is 2.27. The van der Waals surface area contributed by atoms with Crippen LogP contribution in [0.5, 0.6) is 11.6 Å². The van der Waals surface area contributed by atoms with Gasteiger partial charge in [0.25, 0.3) is 0 Å². The predicted octanol–water partition coefficient (Wildman–Crippen LogP) is 1.83. The Hall–Kier alpha value is -1.40. The highest BCUT2D eigenvalue weighted by Crippen LogP contribution is 2.24. The number of hydrogen-bond donors (Lipinski definition) is 1. The van der Waals surface area contributed by atoms with Crippen molar-refractivity contribution in [3.05, 3.63) is 34.7 Å². The molecule has 2 aromatic rings. The van der Waals surface area contributed by atoms with E-state index in [9.17, 15) is 0 Å². The summed E-state index contributed by atoms with van der Waals surface area (Å²) in [7, 11) is 1.83. The summed E-state index contributed by atoms with van der Waals surface area (Å²) in [6.45, 7) is 0.377. The number of aryl methyl sites for hydroxylation is 1. The first kappa shape index (κ1) is 11.1. The lowest BCUT2D eigenvalue weighted by atomic mass is 10.3. The van der Waals surface area contributed by atoms with Gasteiger partial charge in [0.2, 0.25) is 5.88 Å². The Bertz CT molecular complexity index is 497. The number of nitrogens with zero attached hydrogens (tertiary/aromatic N) is 3. The predicted molar refractivity (Wildman–Crippen MR) is 63.1 cm³/mol. The molecule has 5 nitrogen and oxygen atoms in total. The normalized spacial score (nSPS) is 10.4. The summed E-state index contributed by atoms with van der Waals surface area (Å²) in [5, 5.41) is 4.01. The van der Waals surface area contributed by atoms with E-state index in [4.69, 9.17) is 10.5 Å². The lowest BCUT2D eigenvalue weighted by Crippen LogP contribution is -2.01. The molecule has 0 aliphatic heterocycles. The molecule has 0 atom stereocenters. The van der Waals surface area contributed by atoms with Crippen molar-refractivity contribution in [2.75, 3.05) is 0 Å². The Kier molecular flexibility index (Phi) is 3.21.